The predicted molar refractivity (Wildman–Crippen MR) is 52.5 cm³/mol. The SMILES string of the molecule is C1=c2cccnc2=CSSC1. The molecular formula is C8H7NS2. The monoisotopic (exact) mass is 181 g/mol. The fourth-order valence-corrected chi connectivity index (χ4v) is 2.54. The molecule has 1 aromatic heterocycles. The van der Waals surface area contributed by atoms with Crippen molar-refractivity contribution in [3.05, 3.63) is 28.9 Å². The third-order valence-corrected chi connectivity index (χ3v) is 3.33. The predicted octanol–water partition coefficient (Wildman–Crippen LogP) is 0.995. The topological polar surface area (TPSA) is 12.9 Å². The Morgan fingerprint density at radius 1 is 1.45 bits per heavy atom. The Balaban J connectivity index is 2.73. The van der Waals surface area contributed by atoms with Gasteiger partial charge in [0.05, 0.1) is 5.35 Å². The molecule has 2 heterocycles. The molecule has 0 atom stereocenters. The van der Waals surface area contributed by atoms with E-state index in [4.69, 9.17) is 0 Å². The first kappa shape index (κ1) is 7.25. The third kappa shape index (κ3) is 1.60. The Morgan fingerprint density at radius 2 is 2.45 bits per heavy atom. The lowest BCUT2D eigenvalue weighted by Crippen LogP contribution is -2.26. The first-order valence-electron chi connectivity index (χ1n) is 3.36. The maximum Gasteiger partial charge on any atom is 0.0770 e. The van der Waals surface area contributed by atoms with Crippen LogP contribution in [0.3, 0.4) is 0 Å². The van der Waals surface area contributed by atoms with E-state index in [1.54, 1.807) is 10.8 Å². The number of nitrogens with zero attached hydrogens (tertiary/aromatic N) is 1. The van der Waals surface area contributed by atoms with Crippen LogP contribution in [0.15, 0.2) is 18.3 Å². The zero-order chi connectivity index (χ0) is 7.52. The molecule has 0 amide bonds. The van der Waals surface area contributed by atoms with Crippen molar-refractivity contribution in [2.45, 2.75) is 0 Å². The molecule has 1 aliphatic rings. The fraction of sp³-hybridized carbons (Fsp3) is 0.125. The number of rotatable bonds is 0. The second-order valence-electron chi connectivity index (χ2n) is 2.18. The lowest BCUT2D eigenvalue weighted by atomic mass is 10.3. The molecule has 56 valence electrons. The van der Waals surface area contributed by atoms with Gasteiger partial charge in [-0.1, -0.05) is 33.7 Å². The standard InChI is InChI=1S/C8H7NS2/c1-2-7-3-5-10-11-6-8(7)9-4-1/h1-4,6H,5H2. The van der Waals surface area contributed by atoms with Crippen LogP contribution in [0.2, 0.25) is 0 Å². The highest BCUT2D eigenvalue weighted by molar-refractivity contribution is 8.79. The van der Waals surface area contributed by atoms with E-state index in [9.17, 15) is 0 Å². The Hall–Kier alpha value is -0.410. The summed E-state index contributed by atoms with van der Waals surface area (Å²) in [6.45, 7) is 0. The van der Waals surface area contributed by atoms with Crippen molar-refractivity contribution in [1.82, 2.24) is 4.98 Å². The van der Waals surface area contributed by atoms with Gasteiger partial charge in [0.15, 0.2) is 0 Å². The van der Waals surface area contributed by atoms with Gasteiger partial charge in [0.1, 0.15) is 0 Å². The summed E-state index contributed by atoms with van der Waals surface area (Å²) in [6.07, 6.45) is 4.04. The van der Waals surface area contributed by atoms with E-state index >= 15 is 0 Å². The molecule has 0 fully saturated rings. The molecule has 1 aromatic rings. The van der Waals surface area contributed by atoms with Gasteiger partial charge in [-0.2, -0.15) is 0 Å². The van der Waals surface area contributed by atoms with Crippen molar-refractivity contribution >= 4 is 33.1 Å². The average molecular weight is 181 g/mol. The summed E-state index contributed by atoms with van der Waals surface area (Å²) in [7, 11) is 3.59. The third-order valence-electron chi connectivity index (χ3n) is 1.47. The lowest BCUT2D eigenvalue weighted by Gasteiger charge is -1.83. The summed E-state index contributed by atoms with van der Waals surface area (Å²) in [5.74, 6) is 1.07. The quantitative estimate of drug-likeness (QED) is 0.554. The second-order valence-corrected chi connectivity index (χ2v) is 4.46. The van der Waals surface area contributed by atoms with E-state index < -0.39 is 0 Å². The van der Waals surface area contributed by atoms with Gasteiger partial charge in [-0.15, -0.1) is 0 Å². The van der Waals surface area contributed by atoms with Gasteiger partial charge in [0.25, 0.3) is 0 Å². The van der Waals surface area contributed by atoms with Crippen molar-refractivity contribution in [3.63, 3.8) is 0 Å². The number of hydrogen-bond donors (Lipinski definition) is 0. The number of hydrogen-bond acceptors (Lipinski definition) is 3. The Labute approximate surface area is 73.0 Å². The lowest BCUT2D eigenvalue weighted by molar-refractivity contribution is 1.23. The van der Waals surface area contributed by atoms with E-state index in [0.29, 0.717) is 0 Å². The summed E-state index contributed by atoms with van der Waals surface area (Å²) >= 11 is 0. The van der Waals surface area contributed by atoms with Crippen LogP contribution in [-0.2, 0) is 0 Å². The van der Waals surface area contributed by atoms with E-state index in [1.165, 1.54) is 5.22 Å². The van der Waals surface area contributed by atoms with E-state index in [-0.39, 0.29) is 0 Å². The van der Waals surface area contributed by atoms with Crippen LogP contribution in [0, 0.1) is 0 Å². The molecule has 0 bridgehead atoms. The Bertz CT molecular complexity index is 324. The molecule has 0 saturated heterocycles. The van der Waals surface area contributed by atoms with Crippen molar-refractivity contribution in [2.75, 3.05) is 5.75 Å². The average Bonchev–Trinajstić information content (AvgIpc) is 2.28. The number of pyridine rings is 1. The maximum atomic E-state index is 4.26. The van der Waals surface area contributed by atoms with E-state index in [0.717, 1.165) is 11.1 Å². The molecule has 0 aromatic carbocycles. The highest BCUT2D eigenvalue weighted by Gasteiger charge is 1.91. The second kappa shape index (κ2) is 3.32. The van der Waals surface area contributed by atoms with Gasteiger partial charge in [0.2, 0.25) is 0 Å². The van der Waals surface area contributed by atoms with Gasteiger partial charge in [-0.3, -0.25) is 4.98 Å². The molecule has 2 rings (SSSR count). The van der Waals surface area contributed by atoms with Crippen LogP contribution in [0.5, 0.6) is 0 Å². The van der Waals surface area contributed by atoms with Crippen molar-refractivity contribution in [1.29, 1.82) is 0 Å². The minimum Gasteiger partial charge on any atom is -0.256 e. The van der Waals surface area contributed by atoms with Crippen LogP contribution < -0.4 is 10.6 Å². The summed E-state index contributed by atoms with van der Waals surface area (Å²) in [5, 5.41) is 4.45. The largest absolute Gasteiger partial charge is 0.256 e. The van der Waals surface area contributed by atoms with Crippen molar-refractivity contribution in [2.24, 2.45) is 0 Å². The fourth-order valence-electron chi connectivity index (χ4n) is 0.944. The molecule has 0 N–H and O–H groups in total. The van der Waals surface area contributed by atoms with Crippen molar-refractivity contribution in [3.8, 4) is 0 Å². The normalized spacial score (nSPS) is 15.6. The molecule has 0 saturated carbocycles. The van der Waals surface area contributed by atoms with Crippen molar-refractivity contribution < 1.29 is 0 Å². The minimum atomic E-state index is 1.07. The van der Waals surface area contributed by atoms with Gasteiger partial charge < -0.3 is 0 Å². The van der Waals surface area contributed by atoms with Crippen LogP contribution >= 0.6 is 21.6 Å². The molecule has 0 spiro atoms. The first-order valence-corrected chi connectivity index (χ1v) is 5.75. The van der Waals surface area contributed by atoms with Gasteiger partial charge >= 0.3 is 0 Å². The molecule has 0 unspecified atom stereocenters. The Kier molecular flexibility index (Phi) is 2.19. The zero-order valence-electron chi connectivity index (χ0n) is 5.86. The first-order chi connectivity index (χ1) is 5.47. The van der Waals surface area contributed by atoms with E-state index in [1.807, 2.05) is 23.1 Å². The van der Waals surface area contributed by atoms with E-state index in [2.05, 4.69) is 22.5 Å². The van der Waals surface area contributed by atoms with Gasteiger partial charge in [0, 0.05) is 17.4 Å². The maximum absolute atomic E-state index is 4.26. The van der Waals surface area contributed by atoms with Gasteiger partial charge in [-0.05, 0) is 11.3 Å². The summed E-state index contributed by atoms with van der Waals surface area (Å²) in [4.78, 5) is 4.26. The summed E-state index contributed by atoms with van der Waals surface area (Å²) in [5.41, 5.74) is 0. The van der Waals surface area contributed by atoms with Crippen LogP contribution in [0.1, 0.15) is 0 Å². The molecular weight excluding hydrogens is 174 g/mol. The molecule has 1 nitrogen and oxygen atoms in total. The number of aromatic nitrogens is 1. The summed E-state index contributed by atoms with van der Waals surface area (Å²) in [6, 6.07) is 4.08. The van der Waals surface area contributed by atoms with Crippen LogP contribution in [0.4, 0.5) is 0 Å². The molecule has 1 aliphatic heterocycles. The molecule has 11 heavy (non-hydrogen) atoms. The highest BCUT2D eigenvalue weighted by atomic mass is 33.1. The number of fused-ring (bicyclic) bond motifs is 1. The zero-order valence-corrected chi connectivity index (χ0v) is 7.49. The Morgan fingerprint density at radius 3 is 3.45 bits per heavy atom. The van der Waals surface area contributed by atoms with Gasteiger partial charge in [-0.25, -0.2) is 0 Å². The summed E-state index contributed by atoms with van der Waals surface area (Å²) < 4.78 is 0. The van der Waals surface area contributed by atoms with Crippen LogP contribution in [-0.4, -0.2) is 10.7 Å². The molecule has 0 aliphatic carbocycles. The molecule has 3 heteroatoms. The highest BCUT2D eigenvalue weighted by Crippen LogP contribution is 2.22. The molecule has 0 radical (unpaired) electrons. The minimum absolute atomic E-state index is 1.07. The smallest absolute Gasteiger partial charge is 0.0770 e. The van der Waals surface area contributed by atoms with Crippen LogP contribution in [0.25, 0.3) is 11.5 Å².